The van der Waals surface area contributed by atoms with Crippen molar-refractivity contribution in [3.63, 3.8) is 0 Å². The highest BCUT2D eigenvalue weighted by molar-refractivity contribution is 14.0. The third-order valence-electron chi connectivity index (χ3n) is 5.63. The van der Waals surface area contributed by atoms with Gasteiger partial charge in [0.1, 0.15) is 0 Å². The molecule has 0 unspecified atom stereocenters. The number of halogens is 2. The molecule has 0 spiro atoms. The van der Waals surface area contributed by atoms with Crippen LogP contribution in [0, 0.1) is 5.92 Å². The molecular weight excluding hydrogens is 515 g/mol. The Morgan fingerprint density at radius 1 is 1.17 bits per heavy atom. The second-order valence-electron chi connectivity index (χ2n) is 7.63. The first kappa shape index (κ1) is 25.2. The number of rotatable bonds is 6. The van der Waals surface area contributed by atoms with E-state index in [2.05, 4.69) is 23.2 Å². The highest BCUT2D eigenvalue weighted by Crippen LogP contribution is 2.21. The first-order valence-electron chi connectivity index (χ1n) is 10.8. The maximum absolute atomic E-state index is 12.7. The quantitative estimate of drug-likeness (QED) is 0.256. The number of amides is 1. The van der Waals surface area contributed by atoms with Crippen molar-refractivity contribution in [3.05, 3.63) is 34.9 Å². The molecule has 2 heterocycles. The lowest BCUT2D eigenvalue weighted by molar-refractivity contribution is -0.140. The van der Waals surface area contributed by atoms with Gasteiger partial charge in [0.15, 0.2) is 5.96 Å². The smallest absolute Gasteiger partial charge is 0.225 e. The topological polar surface area (TPSA) is 57.2 Å². The van der Waals surface area contributed by atoms with Crippen molar-refractivity contribution in [2.75, 3.05) is 52.5 Å². The highest BCUT2D eigenvalue weighted by Gasteiger charge is 2.30. The fourth-order valence-corrected chi connectivity index (χ4v) is 4.19. The van der Waals surface area contributed by atoms with Crippen molar-refractivity contribution in [1.82, 2.24) is 15.1 Å². The van der Waals surface area contributed by atoms with Crippen LogP contribution in [0.5, 0.6) is 0 Å². The molecule has 0 aliphatic carbocycles. The molecule has 3 rings (SSSR count). The number of hydrogen-bond donors (Lipinski definition) is 1. The number of carbonyl (C=O) groups is 1. The molecule has 2 aliphatic rings. The van der Waals surface area contributed by atoms with Crippen molar-refractivity contribution in [2.45, 2.75) is 32.6 Å². The molecule has 6 nitrogen and oxygen atoms in total. The van der Waals surface area contributed by atoms with Gasteiger partial charge in [-0.3, -0.25) is 9.79 Å². The van der Waals surface area contributed by atoms with Crippen LogP contribution in [0.1, 0.15) is 31.7 Å². The zero-order valence-corrected chi connectivity index (χ0v) is 20.9. The van der Waals surface area contributed by atoms with Crippen molar-refractivity contribution in [2.24, 2.45) is 10.9 Å². The minimum Gasteiger partial charge on any atom is -0.378 e. The number of carbonyl (C=O) groups excluding carboxylic acids is 1. The van der Waals surface area contributed by atoms with E-state index in [4.69, 9.17) is 21.3 Å². The van der Waals surface area contributed by atoms with Crippen LogP contribution in [0.25, 0.3) is 0 Å². The molecule has 2 fully saturated rings. The van der Waals surface area contributed by atoms with Gasteiger partial charge in [0.05, 0.1) is 13.2 Å². The van der Waals surface area contributed by atoms with Crippen LogP contribution < -0.4 is 5.32 Å². The summed E-state index contributed by atoms with van der Waals surface area (Å²) >= 11 is 6.24. The minimum atomic E-state index is 0. The molecule has 30 heavy (non-hydrogen) atoms. The fraction of sp³-hybridized carbons (Fsp3) is 0.636. The second kappa shape index (κ2) is 13.4. The third-order valence-corrected chi connectivity index (χ3v) is 5.99. The van der Waals surface area contributed by atoms with E-state index in [9.17, 15) is 4.79 Å². The minimum absolute atomic E-state index is 0. The van der Waals surface area contributed by atoms with Crippen molar-refractivity contribution >= 4 is 47.4 Å². The second-order valence-corrected chi connectivity index (χ2v) is 8.04. The molecule has 168 valence electrons. The van der Waals surface area contributed by atoms with Crippen LogP contribution in [0.2, 0.25) is 5.02 Å². The van der Waals surface area contributed by atoms with E-state index in [1.54, 1.807) is 0 Å². The Kier molecular flexibility index (Phi) is 11.2. The van der Waals surface area contributed by atoms with Gasteiger partial charge in [-0.2, -0.15) is 0 Å². The van der Waals surface area contributed by atoms with Crippen LogP contribution in [0.3, 0.4) is 0 Å². The lowest BCUT2D eigenvalue weighted by Gasteiger charge is -2.36. The summed E-state index contributed by atoms with van der Waals surface area (Å²) in [5.41, 5.74) is 1.18. The number of ether oxygens (including phenoxy) is 1. The number of aryl methyl sites for hydroxylation is 1. The normalized spacial score (nSPS) is 18.1. The van der Waals surface area contributed by atoms with Gasteiger partial charge in [0.2, 0.25) is 5.91 Å². The summed E-state index contributed by atoms with van der Waals surface area (Å²) in [6.07, 6.45) is 3.67. The Bertz CT molecular complexity index is 689. The molecule has 1 aromatic rings. The van der Waals surface area contributed by atoms with Crippen LogP contribution in [-0.2, 0) is 16.0 Å². The summed E-state index contributed by atoms with van der Waals surface area (Å²) in [6.45, 7) is 8.23. The average Bonchev–Trinajstić information content (AvgIpc) is 2.77. The molecule has 0 atom stereocenters. The third kappa shape index (κ3) is 7.27. The van der Waals surface area contributed by atoms with E-state index in [0.717, 1.165) is 75.9 Å². The van der Waals surface area contributed by atoms with Crippen LogP contribution in [0.15, 0.2) is 29.3 Å². The van der Waals surface area contributed by atoms with Gasteiger partial charge in [0.25, 0.3) is 0 Å². The van der Waals surface area contributed by atoms with Gasteiger partial charge < -0.3 is 19.9 Å². The number of benzene rings is 1. The molecule has 2 saturated heterocycles. The Morgan fingerprint density at radius 3 is 2.53 bits per heavy atom. The Morgan fingerprint density at radius 2 is 1.87 bits per heavy atom. The average molecular weight is 549 g/mol. The van der Waals surface area contributed by atoms with Gasteiger partial charge >= 0.3 is 0 Å². The standard InChI is InChI=1S/C22H33ClN4O2.HI/c1-2-24-22(25-11-5-7-18-6-3-4-8-20(18)23)27-12-9-19(10-13-27)21(28)26-14-16-29-17-15-26;/h3-4,6,8,19H,2,5,7,9-17H2,1H3,(H,24,25);1H. The Labute approximate surface area is 202 Å². The lowest BCUT2D eigenvalue weighted by atomic mass is 9.95. The summed E-state index contributed by atoms with van der Waals surface area (Å²) in [7, 11) is 0. The highest BCUT2D eigenvalue weighted by atomic mass is 127. The van der Waals surface area contributed by atoms with Crippen molar-refractivity contribution in [3.8, 4) is 0 Å². The van der Waals surface area contributed by atoms with Crippen molar-refractivity contribution in [1.29, 1.82) is 0 Å². The number of hydrogen-bond acceptors (Lipinski definition) is 3. The van der Waals surface area contributed by atoms with E-state index in [0.29, 0.717) is 19.1 Å². The number of aliphatic imine (C=N–C) groups is 1. The fourth-order valence-electron chi connectivity index (χ4n) is 3.96. The van der Waals surface area contributed by atoms with Crippen molar-refractivity contribution < 1.29 is 9.53 Å². The predicted octanol–water partition coefficient (Wildman–Crippen LogP) is 3.43. The van der Waals surface area contributed by atoms with Gasteiger partial charge in [-0.05, 0) is 44.2 Å². The number of nitrogens with zero attached hydrogens (tertiary/aromatic N) is 3. The largest absolute Gasteiger partial charge is 0.378 e. The molecule has 1 N–H and O–H groups in total. The summed E-state index contributed by atoms with van der Waals surface area (Å²) in [4.78, 5) is 21.8. The number of piperidine rings is 1. The molecule has 0 saturated carbocycles. The van der Waals surface area contributed by atoms with Gasteiger partial charge in [-0.25, -0.2) is 0 Å². The van der Waals surface area contributed by atoms with Crippen LogP contribution >= 0.6 is 35.6 Å². The maximum Gasteiger partial charge on any atom is 0.225 e. The zero-order chi connectivity index (χ0) is 20.5. The van der Waals surface area contributed by atoms with E-state index in [-0.39, 0.29) is 29.9 Å². The summed E-state index contributed by atoms with van der Waals surface area (Å²) in [6, 6.07) is 8.00. The summed E-state index contributed by atoms with van der Waals surface area (Å²) in [5.74, 6) is 1.39. The number of morpholine rings is 1. The molecule has 1 amide bonds. The summed E-state index contributed by atoms with van der Waals surface area (Å²) < 4.78 is 5.36. The molecule has 2 aliphatic heterocycles. The van der Waals surface area contributed by atoms with Gasteiger partial charge in [-0.1, -0.05) is 29.8 Å². The van der Waals surface area contributed by atoms with Gasteiger partial charge in [0, 0.05) is 50.2 Å². The number of guanidine groups is 1. The van der Waals surface area contributed by atoms with Crippen LogP contribution in [-0.4, -0.2) is 74.1 Å². The lowest BCUT2D eigenvalue weighted by Crippen LogP contribution is -2.50. The Hall–Kier alpha value is -1.06. The SMILES string of the molecule is CCNC(=NCCCc1ccccc1Cl)N1CCC(C(=O)N2CCOCC2)CC1.I. The molecule has 8 heteroatoms. The zero-order valence-electron chi connectivity index (χ0n) is 17.8. The first-order valence-corrected chi connectivity index (χ1v) is 11.2. The molecule has 0 radical (unpaired) electrons. The van der Waals surface area contributed by atoms with Gasteiger partial charge in [-0.15, -0.1) is 24.0 Å². The maximum atomic E-state index is 12.7. The molecule has 0 bridgehead atoms. The monoisotopic (exact) mass is 548 g/mol. The van der Waals surface area contributed by atoms with Crippen LogP contribution in [0.4, 0.5) is 0 Å². The predicted molar refractivity (Wildman–Crippen MR) is 133 cm³/mol. The molecule has 1 aromatic carbocycles. The molecular formula is C22H34ClIN4O2. The van der Waals surface area contributed by atoms with E-state index in [1.807, 2.05) is 23.1 Å². The van der Waals surface area contributed by atoms with E-state index in [1.165, 1.54) is 5.56 Å². The summed E-state index contributed by atoms with van der Waals surface area (Å²) in [5, 5.41) is 4.24. The van der Waals surface area contributed by atoms with E-state index >= 15 is 0 Å². The number of likely N-dealkylation sites (tertiary alicyclic amines) is 1. The van der Waals surface area contributed by atoms with E-state index < -0.39 is 0 Å². The Balaban J connectivity index is 0.00000320. The number of nitrogens with one attached hydrogen (secondary N) is 1. The first-order chi connectivity index (χ1) is 14.2. The molecule has 0 aromatic heterocycles.